The topological polar surface area (TPSA) is 35.2 Å². The van der Waals surface area contributed by atoms with Crippen molar-refractivity contribution in [2.75, 3.05) is 7.11 Å². The minimum absolute atomic E-state index is 0.560. The van der Waals surface area contributed by atoms with Crippen LogP contribution in [0.4, 0.5) is 0 Å². The first-order valence-corrected chi connectivity index (χ1v) is 6.17. The second kappa shape index (κ2) is 5.42. The van der Waals surface area contributed by atoms with E-state index >= 15 is 0 Å². The number of hydrogen-bond donors (Lipinski definition) is 1. The van der Waals surface area contributed by atoms with Crippen LogP contribution in [0.1, 0.15) is 11.1 Å². The molecule has 0 aliphatic rings. The molecular formula is C15H16ClNO. The Balaban J connectivity index is 2.45. The zero-order chi connectivity index (χ0) is 13.1. The Labute approximate surface area is 112 Å². The van der Waals surface area contributed by atoms with Crippen LogP contribution in [0.15, 0.2) is 36.4 Å². The number of benzene rings is 2. The van der Waals surface area contributed by atoms with Crippen molar-refractivity contribution < 1.29 is 4.74 Å². The van der Waals surface area contributed by atoms with Gasteiger partial charge in [0, 0.05) is 6.54 Å². The Kier molecular flexibility index (Phi) is 3.90. The van der Waals surface area contributed by atoms with Gasteiger partial charge in [0.05, 0.1) is 12.1 Å². The third kappa shape index (κ3) is 2.50. The lowest BCUT2D eigenvalue weighted by Gasteiger charge is -2.10. The Morgan fingerprint density at radius 3 is 2.50 bits per heavy atom. The molecule has 0 bridgehead atoms. The summed E-state index contributed by atoms with van der Waals surface area (Å²) in [5.41, 5.74) is 10.2. The largest absolute Gasteiger partial charge is 0.495 e. The molecule has 2 rings (SSSR count). The summed E-state index contributed by atoms with van der Waals surface area (Å²) in [6.07, 6.45) is 0. The van der Waals surface area contributed by atoms with E-state index in [1.165, 1.54) is 5.56 Å². The first-order chi connectivity index (χ1) is 8.65. The number of rotatable bonds is 3. The lowest BCUT2D eigenvalue weighted by molar-refractivity contribution is 0.415. The maximum absolute atomic E-state index is 6.15. The highest BCUT2D eigenvalue weighted by Crippen LogP contribution is 2.31. The second-order valence-electron chi connectivity index (χ2n) is 4.20. The number of methoxy groups -OCH3 is 1. The van der Waals surface area contributed by atoms with Crippen molar-refractivity contribution in [1.29, 1.82) is 0 Å². The van der Waals surface area contributed by atoms with E-state index in [0.29, 0.717) is 17.3 Å². The Bertz CT molecular complexity index is 566. The number of hydrogen-bond acceptors (Lipinski definition) is 2. The second-order valence-corrected chi connectivity index (χ2v) is 4.61. The molecule has 0 aliphatic carbocycles. The molecule has 0 spiro atoms. The number of halogens is 1. The van der Waals surface area contributed by atoms with Crippen molar-refractivity contribution in [3.05, 3.63) is 52.5 Å². The molecule has 2 nitrogen and oxygen atoms in total. The number of ether oxygens (including phenoxy) is 1. The summed E-state index contributed by atoms with van der Waals surface area (Å²) in [5, 5.41) is 0.623. The van der Waals surface area contributed by atoms with Gasteiger partial charge in [-0.3, -0.25) is 0 Å². The number of aryl methyl sites for hydroxylation is 1. The van der Waals surface area contributed by atoms with E-state index in [4.69, 9.17) is 22.1 Å². The fourth-order valence-electron chi connectivity index (χ4n) is 2.01. The molecule has 0 aromatic heterocycles. The molecule has 18 heavy (non-hydrogen) atoms. The molecule has 0 fully saturated rings. The van der Waals surface area contributed by atoms with Crippen LogP contribution in [0.3, 0.4) is 0 Å². The van der Waals surface area contributed by atoms with Crippen LogP contribution in [0.25, 0.3) is 11.1 Å². The third-order valence-corrected chi connectivity index (χ3v) is 3.28. The zero-order valence-electron chi connectivity index (χ0n) is 10.5. The monoisotopic (exact) mass is 261 g/mol. The van der Waals surface area contributed by atoms with Gasteiger partial charge in [0.2, 0.25) is 0 Å². The average Bonchev–Trinajstić information content (AvgIpc) is 2.38. The maximum Gasteiger partial charge on any atom is 0.137 e. The van der Waals surface area contributed by atoms with Crippen LogP contribution in [-0.4, -0.2) is 7.11 Å². The van der Waals surface area contributed by atoms with E-state index in [1.54, 1.807) is 7.11 Å². The fraction of sp³-hybridized carbons (Fsp3) is 0.200. The molecule has 0 heterocycles. The molecule has 2 N–H and O–H groups in total. The van der Waals surface area contributed by atoms with Gasteiger partial charge < -0.3 is 10.5 Å². The minimum atomic E-state index is 0.560. The first-order valence-electron chi connectivity index (χ1n) is 5.79. The molecule has 0 aliphatic heterocycles. The SMILES string of the molecule is COc1ccc(-c2ccc(CN)cc2C)cc1Cl. The van der Waals surface area contributed by atoms with Crippen LogP contribution in [0, 0.1) is 6.92 Å². The van der Waals surface area contributed by atoms with Gasteiger partial charge in [-0.25, -0.2) is 0 Å². The molecule has 0 saturated heterocycles. The normalized spacial score (nSPS) is 10.4. The van der Waals surface area contributed by atoms with Gasteiger partial charge in [0.1, 0.15) is 5.75 Å². The molecule has 2 aromatic rings. The van der Waals surface area contributed by atoms with E-state index in [2.05, 4.69) is 19.1 Å². The fourth-order valence-corrected chi connectivity index (χ4v) is 2.27. The first kappa shape index (κ1) is 12.9. The van der Waals surface area contributed by atoms with Gasteiger partial charge in [0.15, 0.2) is 0 Å². The summed E-state index contributed by atoms with van der Waals surface area (Å²) >= 11 is 6.15. The molecule has 0 radical (unpaired) electrons. The Morgan fingerprint density at radius 2 is 1.94 bits per heavy atom. The van der Waals surface area contributed by atoms with Crippen LogP contribution < -0.4 is 10.5 Å². The van der Waals surface area contributed by atoms with Crippen molar-refractivity contribution in [3.8, 4) is 16.9 Å². The van der Waals surface area contributed by atoms with Gasteiger partial charge >= 0.3 is 0 Å². The number of nitrogens with two attached hydrogens (primary N) is 1. The highest BCUT2D eigenvalue weighted by Gasteiger charge is 2.06. The van der Waals surface area contributed by atoms with Gasteiger partial charge in [-0.15, -0.1) is 0 Å². The summed E-state index contributed by atoms with van der Waals surface area (Å²) in [5.74, 6) is 0.691. The lowest BCUT2D eigenvalue weighted by atomic mass is 9.98. The molecule has 2 aromatic carbocycles. The quantitative estimate of drug-likeness (QED) is 0.913. The van der Waals surface area contributed by atoms with E-state index < -0.39 is 0 Å². The molecule has 3 heteroatoms. The van der Waals surface area contributed by atoms with Crippen molar-refractivity contribution in [1.82, 2.24) is 0 Å². The third-order valence-electron chi connectivity index (χ3n) is 2.99. The van der Waals surface area contributed by atoms with E-state index in [9.17, 15) is 0 Å². The standard InChI is InChI=1S/C15H16ClNO/c1-10-7-11(9-17)3-5-13(10)12-4-6-15(18-2)14(16)8-12/h3-8H,9,17H2,1-2H3. The average molecular weight is 262 g/mol. The van der Waals surface area contributed by atoms with Gasteiger partial charge in [-0.1, -0.05) is 35.9 Å². The zero-order valence-corrected chi connectivity index (χ0v) is 11.3. The van der Waals surface area contributed by atoms with Gasteiger partial charge in [-0.05, 0) is 41.3 Å². The predicted octanol–water partition coefficient (Wildman–Crippen LogP) is 3.78. The summed E-state index contributed by atoms with van der Waals surface area (Å²) < 4.78 is 5.15. The van der Waals surface area contributed by atoms with Gasteiger partial charge in [0.25, 0.3) is 0 Å². The Morgan fingerprint density at radius 1 is 1.17 bits per heavy atom. The van der Waals surface area contributed by atoms with Crippen molar-refractivity contribution in [3.63, 3.8) is 0 Å². The molecular weight excluding hydrogens is 246 g/mol. The summed E-state index contributed by atoms with van der Waals surface area (Å²) in [4.78, 5) is 0. The van der Waals surface area contributed by atoms with E-state index in [1.807, 2.05) is 24.3 Å². The molecule has 0 amide bonds. The molecule has 0 saturated carbocycles. The van der Waals surface area contributed by atoms with Crippen LogP contribution >= 0.6 is 11.6 Å². The van der Waals surface area contributed by atoms with Crippen LogP contribution in [0.5, 0.6) is 5.75 Å². The van der Waals surface area contributed by atoms with Crippen molar-refractivity contribution in [2.45, 2.75) is 13.5 Å². The molecule has 0 unspecified atom stereocenters. The minimum Gasteiger partial charge on any atom is -0.495 e. The summed E-state index contributed by atoms with van der Waals surface area (Å²) in [7, 11) is 1.61. The van der Waals surface area contributed by atoms with E-state index in [0.717, 1.165) is 16.7 Å². The van der Waals surface area contributed by atoms with Gasteiger partial charge in [-0.2, -0.15) is 0 Å². The van der Waals surface area contributed by atoms with Crippen molar-refractivity contribution >= 4 is 11.6 Å². The Hall–Kier alpha value is -1.51. The van der Waals surface area contributed by atoms with Crippen molar-refractivity contribution in [2.24, 2.45) is 5.73 Å². The maximum atomic E-state index is 6.15. The highest BCUT2D eigenvalue weighted by atomic mass is 35.5. The predicted molar refractivity (Wildman–Crippen MR) is 76.1 cm³/mol. The van der Waals surface area contributed by atoms with Crippen LogP contribution in [-0.2, 0) is 6.54 Å². The van der Waals surface area contributed by atoms with Crippen LogP contribution in [0.2, 0.25) is 5.02 Å². The smallest absolute Gasteiger partial charge is 0.137 e. The summed E-state index contributed by atoms with van der Waals surface area (Å²) in [6.45, 7) is 2.64. The van der Waals surface area contributed by atoms with E-state index in [-0.39, 0.29) is 0 Å². The summed E-state index contributed by atoms with van der Waals surface area (Å²) in [6, 6.07) is 12.0. The highest BCUT2D eigenvalue weighted by molar-refractivity contribution is 6.32. The lowest BCUT2D eigenvalue weighted by Crippen LogP contribution is -1.97. The molecule has 94 valence electrons. The molecule has 0 atom stereocenters.